The molecule has 0 aromatic carbocycles. The maximum absolute atomic E-state index is 9.92. The molecule has 82 valence electrons. The second kappa shape index (κ2) is 6.93. The zero-order valence-electron chi connectivity index (χ0n) is 8.67. The maximum atomic E-state index is 9.92. The minimum Gasteiger partial charge on any atom is -0.303 e. The minimum atomic E-state index is 0.665. The maximum Gasteiger partial charge on any atom is 0.124 e. The smallest absolute Gasteiger partial charge is 0.124 e. The van der Waals surface area contributed by atoms with Gasteiger partial charge in [-0.1, -0.05) is 17.2 Å². The summed E-state index contributed by atoms with van der Waals surface area (Å²) in [6.07, 6.45) is 10.1. The Morgan fingerprint density at radius 1 is 1.13 bits per heavy atom. The molecular formula is C12H15IO2. The summed E-state index contributed by atoms with van der Waals surface area (Å²) in [5.41, 5.74) is 2.66. The monoisotopic (exact) mass is 318 g/mol. The van der Waals surface area contributed by atoms with Crippen molar-refractivity contribution in [2.24, 2.45) is 0 Å². The van der Waals surface area contributed by atoms with Crippen LogP contribution in [-0.2, 0) is 9.59 Å². The van der Waals surface area contributed by atoms with Gasteiger partial charge in [-0.15, -0.1) is 0 Å². The van der Waals surface area contributed by atoms with E-state index in [9.17, 15) is 9.59 Å². The molecule has 0 aromatic heterocycles. The molecule has 3 heteroatoms. The molecule has 0 radical (unpaired) electrons. The molecule has 0 aliphatic heterocycles. The molecule has 2 nitrogen and oxygen atoms in total. The molecule has 2 aliphatic rings. The highest BCUT2D eigenvalue weighted by Crippen LogP contribution is 2.34. The molecule has 0 aromatic rings. The summed E-state index contributed by atoms with van der Waals surface area (Å²) in [5, 5.41) is 0. The Hall–Kier alpha value is -0.450. The van der Waals surface area contributed by atoms with Gasteiger partial charge in [0.1, 0.15) is 12.6 Å². The lowest BCUT2D eigenvalue weighted by Crippen LogP contribution is -1.98. The van der Waals surface area contributed by atoms with Crippen LogP contribution in [0.25, 0.3) is 0 Å². The van der Waals surface area contributed by atoms with Crippen LogP contribution in [0, 0.1) is 0 Å². The normalized spacial score (nSPS) is 17.8. The standard InChI is InChI=1S/C6H7IO.C6H8O/c7-6-2-1-5(6)3-4-8;7-5-4-6-2-1-3-6/h4H,1-3H2;2,5H,1,3-4H2. The SMILES string of the molecule is O=CCC1=C(I)CC1.O=CCC1=CCC1. The van der Waals surface area contributed by atoms with E-state index >= 15 is 0 Å². The Morgan fingerprint density at radius 2 is 1.80 bits per heavy atom. The summed E-state index contributed by atoms with van der Waals surface area (Å²) in [5.74, 6) is 0. The van der Waals surface area contributed by atoms with Gasteiger partial charge in [0.25, 0.3) is 0 Å². The van der Waals surface area contributed by atoms with E-state index in [4.69, 9.17) is 0 Å². The van der Waals surface area contributed by atoms with Crippen molar-refractivity contribution >= 4 is 35.2 Å². The molecular weight excluding hydrogens is 303 g/mol. The Kier molecular flexibility index (Phi) is 5.83. The second-order valence-electron chi connectivity index (χ2n) is 3.65. The molecule has 0 atom stereocenters. The van der Waals surface area contributed by atoms with Crippen LogP contribution in [0.1, 0.15) is 38.5 Å². The molecule has 0 saturated heterocycles. The first-order valence-electron chi connectivity index (χ1n) is 5.19. The number of hydrogen-bond donors (Lipinski definition) is 0. The summed E-state index contributed by atoms with van der Waals surface area (Å²) < 4.78 is 1.40. The highest BCUT2D eigenvalue weighted by atomic mass is 127. The van der Waals surface area contributed by atoms with E-state index in [2.05, 4.69) is 28.7 Å². The van der Waals surface area contributed by atoms with Gasteiger partial charge >= 0.3 is 0 Å². The lowest BCUT2D eigenvalue weighted by molar-refractivity contribution is -0.108. The van der Waals surface area contributed by atoms with Crippen LogP contribution in [-0.4, -0.2) is 12.6 Å². The molecule has 2 aliphatic carbocycles. The van der Waals surface area contributed by atoms with Gasteiger partial charge in [0.2, 0.25) is 0 Å². The highest BCUT2D eigenvalue weighted by molar-refractivity contribution is 14.1. The van der Waals surface area contributed by atoms with E-state index in [-0.39, 0.29) is 0 Å². The third kappa shape index (κ3) is 4.28. The number of carbonyl (C=O) groups is 2. The van der Waals surface area contributed by atoms with E-state index in [1.54, 1.807) is 0 Å². The summed E-state index contributed by atoms with van der Waals surface area (Å²) in [7, 11) is 0. The van der Waals surface area contributed by atoms with Crippen molar-refractivity contribution in [1.82, 2.24) is 0 Å². The average Bonchev–Trinajstić information content (AvgIpc) is 2.19. The molecule has 0 spiro atoms. The topological polar surface area (TPSA) is 34.1 Å². The van der Waals surface area contributed by atoms with Crippen LogP contribution in [0.4, 0.5) is 0 Å². The second-order valence-corrected chi connectivity index (χ2v) is 4.95. The lowest BCUT2D eigenvalue weighted by atomic mass is 9.97. The lowest BCUT2D eigenvalue weighted by Gasteiger charge is -2.16. The largest absolute Gasteiger partial charge is 0.303 e. The van der Waals surface area contributed by atoms with Gasteiger partial charge in [-0.25, -0.2) is 0 Å². The zero-order valence-corrected chi connectivity index (χ0v) is 10.8. The van der Waals surface area contributed by atoms with E-state index in [1.165, 1.54) is 27.6 Å². The van der Waals surface area contributed by atoms with Crippen LogP contribution < -0.4 is 0 Å². The fraction of sp³-hybridized carbons (Fsp3) is 0.500. The van der Waals surface area contributed by atoms with Crippen molar-refractivity contribution in [2.75, 3.05) is 0 Å². The molecule has 2 rings (SSSR count). The average molecular weight is 318 g/mol. The molecule has 0 N–H and O–H groups in total. The molecule has 0 bridgehead atoms. The van der Waals surface area contributed by atoms with Gasteiger partial charge in [0, 0.05) is 12.8 Å². The Labute approximate surface area is 104 Å². The number of carbonyl (C=O) groups excluding carboxylic acids is 2. The zero-order chi connectivity index (χ0) is 11.1. The van der Waals surface area contributed by atoms with Crippen molar-refractivity contribution in [1.29, 1.82) is 0 Å². The van der Waals surface area contributed by atoms with Crippen molar-refractivity contribution < 1.29 is 9.59 Å². The van der Waals surface area contributed by atoms with Gasteiger partial charge in [-0.3, -0.25) is 0 Å². The first-order valence-corrected chi connectivity index (χ1v) is 6.27. The first-order chi connectivity index (χ1) is 7.27. The fourth-order valence-electron chi connectivity index (χ4n) is 1.35. The van der Waals surface area contributed by atoms with Gasteiger partial charge in [-0.2, -0.15) is 0 Å². The van der Waals surface area contributed by atoms with Gasteiger partial charge < -0.3 is 9.59 Å². The first kappa shape index (κ1) is 12.6. The molecule has 0 fully saturated rings. The molecule has 15 heavy (non-hydrogen) atoms. The quantitative estimate of drug-likeness (QED) is 0.452. The fourth-order valence-corrected chi connectivity index (χ4v) is 2.11. The van der Waals surface area contributed by atoms with E-state index < -0.39 is 0 Å². The Bertz CT molecular complexity index is 303. The number of hydrogen-bond acceptors (Lipinski definition) is 2. The Balaban J connectivity index is 0.000000151. The van der Waals surface area contributed by atoms with E-state index in [0.29, 0.717) is 12.8 Å². The summed E-state index contributed by atoms with van der Waals surface area (Å²) >= 11 is 2.30. The third-order valence-electron chi connectivity index (χ3n) is 2.60. The molecule has 0 saturated carbocycles. The van der Waals surface area contributed by atoms with Gasteiger partial charge in [0.05, 0.1) is 0 Å². The molecule has 0 amide bonds. The summed E-state index contributed by atoms with van der Waals surface area (Å²) in [6.45, 7) is 0. The Morgan fingerprint density at radius 3 is 1.93 bits per heavy atom. The number of aldehydes is 2. The highest BCUT2D eigenvalue weighted by Gasteiger charge is 2.12. The van der Waals surface area contributed by atoms with Crippen LogP contribution >= 0.6 is 22.6 Å². The van der Waals surface area contributed by atoms with Crippen molar-refractivity contribution in [3.63, 3.8) is 0 Å². The van der Waals surface area contributed by atoms with Crippen LogP contribution in [0.15, 0.2) is 20.8 Å². The van der Waals surface area contributed by atoms with Crippen molar-refractivity contribution in [3.05, 3.63) is 20.8 Å². The van der Waals surface area contributed by atoms with E-state index in [0.717, 1.165) is 25.4 Å². The number of halogens is 1. The minimum absolute atomic E-state index is 0.665. The summed E-state index contributed by atoms with van der Waals surface area (Å²) in [4.78, 5) is 19.7. The predicted octanol–water partition coefficient (Wildman–Crippen LogP) is 3.35. The number of allylic oxidation sites excluding steroid dienone is 4. The summed E-state index contributed by atoms with van der Waals surface area (Å²) in [6, 6.07) is 0. The van der Waals surface area contributed by atoms with Crippen molar-refractivity contribution in [3.8, 4) is 0 Å². The van der Waals surface area contributed by atoms with Crippen LogP contribution in [0.3, 0.4) is 0 Å². The third-order valence-corrected chi connectivity index (χ3v) is 3.91. The van der Waals surface area contributed by atoms with Gasteiger partial charge in [0.15, 0.2) is 0 Å². The number of rotatable bonds is 4. The van der Waals surface area contributed by atoms with E-state index in [1.807, 2.05) is 0 Å². The van der Waals surface area contributed by atoms with Crippen LogP contribution in [0.5, 0.6) is 0 Å². The predicted molar refractivity (Wildman–Crippen MR) is 69.0 cm³/mol. The molecule has 0 heterocycles. The van der Waals surface area contributed by atoms with Crippen LogP contribution in [0.2, 0.25) is 0 Å². The van der Waals surface area contributed by atoms with Gasteiger partial charge in [-0.05, 0) is 51.9 Å². The van der Waals surface area contributed by atoms with Crippen molar-refractivity contribution in [2.45, 2.75) is 38.5 Å². The molecule has 0 unspecified atom stereocenters.